The number of hydrogen-bond acceptors (Lipinski definition) is 4. The van der Waals surface area contributed by atoms with Crippen molar-refractivity contribution in [2.75, 3.05) is 7.11 Å². The molecule has 0 saturated carbocycles. The molecule has 3 aromatic rings. The highest BCUT2D eigenvalue weighted by molar-refractivity contribution is 7.98. The summed E-state index contributed by atoms with van der Waals surface area (Å²) in [6.07, 6.45) is 1.62. The Labute approximate surface area is 122 Å². The Morgan fingerprint density at radius 2 is 1.95 bits per heavy atom. The molecule has 4 heteroatoms. The Kier molecular flexibility index (Phi) is 3.83. The Balaban J connectivity index is 1.83. The molecule has 0 saturated heterocycles. The molecule has 0 bridgehead atoms. The van der Waals surface area contributed by atoms with Crippen LogP contribution in [0.15, 0.2) is 59.9 Å². The smallest absolute Gasteiger partial charge is 0.119 e. The standard InChI is InChI=1S/C16H14N2OS/c1-19-13-6-4-5-12(9-13)10-20-16-14-7-2-3-8-15(14)17-11-18-16/h2-9,11H,10H2,1H3. The zero-order valence-corrected chi connectivity index (χ0v) is 11.9. The minimum Gasteiger partial charge on any atom is -0.497 e. The Bertz CT molecular complexity index is 725. The van der Waals surface area contributed by atoms with E-state index in [-0.39, 0.29) is 0 Å². The third-order valence-electron chi connectivity index (χ3n) is 3.02. The second-order valence-corrected chi connectivity index (χ2v) is 5.30. The van der Waals surface area contributed by atoms with E-state index in [1.807, 2.05) is 30.3 Å². The number of aromatic nitrogens is 2. The molecule has 0 N–H and O–H groups in total. The van der Waals surface area contributed by atoms with Crippen molar-refractivity contribution in [3.63, 3.8) is 0 Å². The Morgan fingerprint density at radius 1 is 1.05 bits per heavy atom. The maximum atomic E-state index is 5.24. The molecule has 3 nitrogen and oxygen atoms in total. The van der Waals surface area contributed by atoms with E-state index in [9.17, 15) is 0 Å². The molecule has 20 heavy (non-hydrogen) atoms. The van der Waals surface area contributed by atoms with Gasteiger partial charge in [0, 0.05) is 11.1 Å². The fourth-order valence-electron chi connectivity index (χ4n) is 2.01. The predicted octanol–water partition coefficient (Wildman–Crippen LogP) is 3.93. The van der Waals surface area contributed by atoms with E-state index in [0.29, 0.717) is 0 Å². The first-order valence-corrected chi connectivity index (χ1v) is 7.31. The number of nitrogens with zero attached hydrogens (tertiary/aromatic N) is 2. The van der Waals surface area contributed by atoms with Crippen LogP contribution < -0.4 is 4.74 Å². The lowest BCUT2D eigenvalue weighted by molar-refractivity contribution is 0.414. The van der Waals surface area contributed by atoms with Crippen molar-refractivity contribution in [3.8, 4) is 5.75 Å². The SMILES string of the molecule is COc1cccc(CSc2ncnc3ccccc23)c1. The van der Waals surface area contributed by atoms with E-state index in [4.69, 9.17) is 4.74 Å². The van der Waals surface area contributed by atoms with Crippen molar-refractivity contribution in [1.82, 2.24) is 9.97 Å². The molecule has 100 valence electrons. The average molecular weight is 282 g/mol. The van der Waals surface area contributed by atoms with Crippen LogP contribution in [0.3, 0.4) is 0 Å². The molecule has 0 spiro atoms. The summed E-state index contributed by atoms with van der Waals surface area (Å²) in [5, 5.41) is 2.11. The maximum absolute atomic E-state index is 5.24. The van der Waals surface area contributed by atoms with Crippen molar-refractivity contribution in [2.45, 2.75) is 10.8 Å². The van der Waals surface area contributed by atoms with Crippen LogP contribution in [0.25, 0.3) is 10.9 Å². The predicted molar refractivity (Wildman–Crippen MR) is 82.1 cm³/mol. The van der Waals surface area contributed by atoms with Gasteiger partial charge in [-0.2, -0.15) is 0 Å². The van der Waals surface area contributed by atoms with Crippen molar-refractivity contribution >= 4 is 22.7 Å². The van der Waals surface area contributed by atoms with Gasteiger partial charge in [-0.05, 0) is 23.8 Å². The van der Waals surface area contributed by atoms with Crippen molar-refractivity contribution in [3.05, 3.63) is 60.4 Å². The molecule has 0 amide bonds. The van der Waals surface area contributed by atoms with Gasteiger partial charge in [-0.25, -0.2) is 9.97 Å². The molecule has 0 unspecified atom stereocenters. The first kappa shape index (κ1) is 12.9. The van der Waals surface area contributed by atoms with Gasteiger partial charge < -0.3 is 4.74 Å². The van der Waals surface area contributed by atoms with Gasteiger partial charge in [-0.15, -0.1) is 11.8 Å². The van der Waals surface area contributed by atoms with Gasteiger partial charge in [0.05, 0.1) is 12.6 Å². The average Bonchev–Trinajstić information content (AvgIpc) is 2.53. The van der Waals surface area contributed by atoms with Crippen LogP contribution in [0.4, 0.5) is 0 Å². The van der Waals surface area contributed by atoms with Gasteiger partial charge in [0.1, 0.15) is 17.1 Å². The van der Waals surface area contributed by atoms with Crippen LogP contribution in [0.1, 0.15) is 5.56 Å². The van der Waals surface area contributed by atoms with Crippen LogP contribution in [0, 0.1) is 0 Å². The fourth-order valence-corrected chi connectivity index (χ4v) is 2.94. The summed E-state index contributed by atoms with van der Waals surface area (Å²) < 4.78 is 5.24. The van der Waals surface area contributed by atoms with Crippen LogP contribution in [0.2, 0.25) is 0 Å². The molecule has 0 fully saturated rings. The Morgan fingerprint density at radius 3 is 2.85 bits per heavy atom. The number of rotatable bonds is 4. The third-order valence-corrected chi connectivity index (χ3v) is 4.09. The van der Waals surface area contributed by atoms with Crippen molar-refractivity contribution in [2.24, 2.45) is 0 Å². The summed E-state index contributed by atoms with van der Waals surface area (Å²) in [6.45, 7) is 0. The van der Waals surface area contributed by atoms with E-state index in [1.165, 1.54) is 5.56 Å². The largest absolute Gasteiger partial charge is 0.497 e. The summed E-state index contributed by atoms with van der Waals surface area (Å²) in [5.74, 6) is 1.74. The molecule has 1 heterocycles. The molecule has 0 radical (unpaired) electrons. The summed E-state index contributed by atoms with van der Waals surface area (Å²) in [6, 6.07) is 16.2. The van der Waals surface area contributed by atoms with E-state index in [2.05, 4.69) is 28.2 Å². The highest BCUT2D eigenvalue weighted by Crippen LogP contribution is 2.28. The molecular weight excluding hydrogens is 268 g/mol. The van der Waals surface area contributed by atoms with Gasteiger partial charge in [-0.3, -0.25) is 0 Å². The summed E-state index contributed by atoms with van der Waals surface area (Å²) in [7, 11) is 1.68. The lowest BCUT2D eigenvalue weighted by Gasteiger charge is -2.06. The highest BCUT2D eigenvalue weighted by atomic mass is 32.2. The summed E-state index contributed by atoms with van der Waals surface area (Å²) >= 11 is 1.72. The zero-order valence-electron chi connectivity index (χ0n) is 11.1. The third kappa shape index (κ3) is 2.75. The molecule has 1 aromatic heterocycles. The lowest BCUT2D eigenvalue weighted by Crippen LogP contribution is -1.89. The van der Waals surface area contributed by atoms with Crippen molar-refractivity contribution < 1.29 is 4.74 Å². The van der Waals surface area contributed by atoms with Gasteiger partial charge in [0.15, 0.2) is 0 Å². The number of fused-ring (bicyclic) bond motifs is 1. The van der Waals surface area contributed by atoms with E-state index >= 15 is 0 Å². The van der Waals surface area contributed by atoms with E-state index in [0.717, 1.165) is 27.4 Å². The first-order valence-electron chi connectivity index (χ1n) is 6.32. The topological polar surface area (TPSA) is 35.0 Å². The number of hydrogen-bond donors (Lipinski definition) is 0. The molecule has 0 aliphatic heterocycles. The van der Waals surface area contributed by atoms with Crippen LogP contribution in [-0.2, 0) is 5.75 Å². The summed E-state index contributed by atoms with van der Waals surface area (Å²) in [5.41, 5.74) is 2.20. The molecule has 2 aromatic carbocycles. The van der Waals surface area contributed by atoms with Crippen LogP contribution >= 0.6 is 11.8 Å². The van der Waals surface area contributed by atoms with Gasteiger partial charge >= 0.3 is 0 Å². The second kappa shape index (κ2) is 5.92. The highest BCUT2D eigenvalue weighted by Gasteiger charge is 2.04. The second-order valence-electron chi connectivity index (χ2n) is 4.34. The lowest BCUT2D eigenvalue weighted by atomic mass is 10.2. The minimum absolute atomic E-state index is 0.859. The number of benzene rings is 2. The van der Waals surface area contributed by atoms with Gasteiger partial charge in [0.2, 0.25) is 0 Å². The van der Waals surface area contributed by atoms with Crippen LogP contribution in [0.5, 0.6) is 5.75 Å². The first-order chi connectivity index (χ1) is 9.86. The number of ether oxygens (including phenoxy) is 1. The maximum Gasteiger partial charge on any atom is 0.119 e. The Hall–Kier alpha value is -2.07. The van der Waals surface area contributed by atoms with E-state index in [1.54, 1.807) is 25.2 Å². The molecule has 0 atom stereocenters. The molecular formula is C16H14N2OS. The zero-order chi connectivity index (χ0) is 13.8. The molecule has 3 rings (SSSR count). The molecule has 0 aliphatic rings. The fraction of sp³-hybridized carbons (Fsp3) is 0.125. The number of thioether (sulfide) groups is 1. The number of methoxy groups -OCH3 is 1. The normalized spacial score (nSPS) is 10.7. The monoisotopic (exact) mass is 282 g/mol. The van der Waals surface area contributed by atoms with Crippen molar-refractivity contribution in [1.29, 1.82) is 0 Å². The number of para-hydroxylation sites is 1. The quantitative estimate of drug-likeness (QED) is 0.536. The minimum atomic E-state index is 0.859. The van der Waals surface area contributed by atoms with Gasteiger partial charge in [0.25, 0.3) is 0 Å². The van der Waals surface area contributed by atoms with Gasteiger partial charge in [-0.1, -0.05) is 30.3 Å². The van der Waals surface area contributed by atoms with E-state index < -0.39 is 0 Å². The summed E-state index contributed by atoms with van der Waals surface area (Å²) in [4.78, 5) is 8.66. The van der Waals surface area contributed by atoms with Crippen LogP contribution in [-0.4, -0.2) is 17.1 Å². The molecule has 0 aliphatic carbocycles.